The number of nitrogens with zero attached hydrogens (tertiary/aromatic N) is 2. The van der Waals surface area contributed by atoms with Crippen molar-refractivity contribution >= 4 is 38.5 Å². The van der Waals surface area contributed by atoms with Gasteiger partial charge in [0.15, 0.2) is 11.5 Å². The highest BCUT2D eigenvalue weighted by Gasteiger charge is 2.31. The Labute approximate surface area is 281 Å². The van der Waals surface area contributed by atoms with E-state index in [2.05, 4.69) is 15.0 Å². The molecule has 4 rings (SSSR count). The first-order valence-corrected chi connectivity index (χ1v) is 17.1. The summed E-state index contributed by atoms with van der Waals surface area (Å²) in [5.41, 5.74) is 1.01. The lowest BCUT2D eigenvalue weighted by molar-refractivity contribution is -0.120. The molecule has 0 aliphatic carbocycles. The van der Waals surface area contributed by atoms with Crippen LogP contribution in [0.15, 0.2) is 84.0 Å². The first-order valence-electron chi connectivity index (χ1n) is 15.6. The van der Waals surface area contributed by atoms with Crippen molar-refractivity contribution in [1.29, 1.82) is 0 Å². The average molecular weight is 678 g/mol. The zero-order valence-electron chi connectivity index (χ0n) is 28.0. The van der Waals surface area contributed by atoms with Crippen molar-refractivity contribution in [3.05, 3.63) is 90.3 Å². The Morgan fingerprint density at radius 3 is 2.35 bits per heavy atom. The van der Waals surface area contributed by atoms with Crippen molar-refractivity contribution in [1.82, 2.24) is 15.0 Å². The average Bonchev–Trinajstić information content (AvgIpc) is 3.01. The summed E-state index contributed by atoms with van der Waals surface area (Å²) in [7, 11) is -4.31. The summed E-state index contributed by atoms with van der Waals surface area (Å²) < 4.78 is 46.1. The number of nitrogens with one attached hydrogen (secondary N) is 2. The smallest absolute Gasteiger partial charge is 0.407 e. The van der Waals surface area contributed by atoms with Crippen LogP contribution in [0.1, 0.15) is 58.7 Å². The molecule has 3 aromatic carbocycles. The number of amides is 2. The van der Waals surface area contributed by atoms with E-state index < -0.39 is 33.7 Å². The van der Waals surface area contributed by atoms with Gasteiger partial charge in [0.2, 0.25) is 0 Å². The Morgan fingerprint density at radius 2 is 1.69 bits per heavy atom. The van der Waals surface area contributed by atoms with Crippen molar-refractivity contribution in [2.24, 2.45) is 5.84 Å². The maximum Gasteiger partial charge on any atom is 0.407 e. The molecule has 0 aliphatic heterocycles. The van der Waals surface area contributed by atoms with Gasteiger partial charge in [-0.25, -0.2) is 23.8 Å². The number of ether oxygens (including phenoxy) is 3. The molecule has 0 saturated carbocycles. The Kier molecular flexibility index (Phi) is 11.5. The third-order valence-corrected chi connectivity index (χ3v) is 8.31. The topological polar surface area (TPSA) is 162 Å². The van der Waals surface area contributed by atoms with Crippen LogP contribution in [0.4, 0.5) is 10.5 Å². The highest BCUT2D eigenvalue weighted by atomic mass is 32.2. The molecule has 256 valence electrons. The number of aromatic nitrogens is 1. The number of carbonyl (C=O) groups excluding carboxylic acids is 2. The van der Waals surface area contributed by atoms with Crippen molar-refractivity contribution in [2.75, 3.05) is 18.2 Å². The van der Waals surface area contributed by atoms with E-state index in [-0.39, 0.29) is 11.0 Å². The Morgan fingerprint density at radius 1 is 0.958 bits per heavy atom. The molecule has 2 amide bonds. The number of rotatable bonds is 13. The van der Waals surface area contributed by atoms with E-state index in [1.54, 1.807) is 75.6 Å². The fraction of sp³-hybridized carbons (Fsp3) is 0.343. The van der Waals surface area contributed by atoms with Crippen LogP contribution in [-0.2, 0) is 26.0 Å². The van der Waals surface area contributed by atoms with Gasteiger partial charge < -0.3 is 19.5 Å². The number of hydrazine groups is 1. The zero-order valence-corrected chi connectivity index (χ0v) is 28.8. The molecule has 4 aromatic rings. The van der Waals surface area contributed by atoms with Gasteiger partial charge in [-0.15, -0.1) is 0 Å². The predicted octanol–water partition coefficient (Wildman–Crippen LogP) is 5.41. The van der Waals surface area contributed by atoms with Crippen LogP contribution in [0.3, 0.4) is 0 Å². The van der Waals surface area contributed by atoms with E-state index in [1.165, 1.54) is 17.1 Å². The standard InChI is InChI=1S/C35H43N5O7S/c1-7-45-31-21-26(11-15-30(31)46-23(2)3)32(40(36)28-12-10-27-22-37-18-17-25(27)20-28)33(41)39-48(43,44)29-13-8-24(9-14-29)16-19-38-34(42)47-35(4,5)6/h8-15,17-18,20-23,32H,7,16,19,36H2,1-6H3,(H,38,42)(H,39,41). The number of anilines is 1. The summed E-state index contributed by atoms with van der Waals surface area (Å²) in [5.74, 6) is 6.62. The van der Waals surface area contributed by atoms with Gasteiger partial charge in [0, 0.05) is 24.3 Å². The number of fused-ring (bicyclic) bond motifs is 1. The van der Waals surface area contributed by atoms with Crippen LogP contribution in [0.25, 0.3) is 10.8 Å². The van der Waals surface area contributed by atoms with E-state index in [9.17, 15) is 18.0 Å². The summed E-state index contributed by atoms with van der Waals surface area (Å²) in [6.45, 7) is 11.5. The third kappa shape index (κ3) is 9.58. The van der Waals surface area contributed by atoms with Crippen molar-refractivity contribution < 1.29 is 32.2 Å². The van der Waals surface area contributed by atoms with Crippen molar-refractivity contribution in [3.8, 4) is 11.5 Å². The van der Waals surface area contributed by atoms with Gasteiger partial charge in [0.1, 0.15) is 11.6 Å². The molecule has 0 fully saturated rings. The quantitative estimate of drug-likeness (QED) is 0.123. The van der Waals surface area contributed by atoms with Crippen LogP contribution in [0.2, 0.25) is 0 Å². The number of alkyl carbamates (subject to hydrolysis) is 1. The van der Waals surface area contributed by atoms with Gasteiger partial charge in [-0.2, -0.15) is 0 Å². The minimum atomic E-state index is -4.31. The van der Waals surface area contributed by atoms with Gasteiger partial charge in [-0.3, -0.25) is 14.8 Å². The van der Waals surface area contributed by atoms with Gasteiger partial charge in [-0.1, -0.05) is 24.3 Å². The Bertz CT molecular complexity index is 1840. The molecule has 1 aromatic heterocycles. The third-order valence-electron chi connectivity index (χ3n) is 6.95. The van der Waals surface area contributed by atoms with Crippen LogP contribution in [-0.4, -0.2) is 50.3 Å². The first kappa shape index (κ1) is 36.0. The number of nitrogens with two attached hydrogens (primary N) is 1. The molecule has 4 N–H and O–H groups in total. The van der Waals surface area contributed by atoms with E-state index in [1.807, 2.05) is 32.9 Å². The summed E-state index contributed by atoms with van der Waals surface area (Å²) >= 11 is 0. The maximum atomic E-state index is 14.0. The number of sulfonamides is 1. The normalized spacial score (nSPS) is 12.3. The van der Waals surface area contributed by atoms with Crippen LogP contribution >= 0.6 is 0 Å². The first-order chi connectivity index (χ1) is 22.7. The van der Waals surface area contributed by atoms with Gasteiger partial charge in [0.25, 0.3) is 15.9 Å². The van der Waals surface area contributed by atoms with Crippen LogP contribution < -0.4 is 30.4 Å². The number of hydrogen-bond donors (Lipinski definition) is 3. The van der Waals surface area contributed by atoms with Crippen LogP contribution in [0, 0.1) is 0 Å². The molecule has 1 atom stereocenters. The molecule has 13 heteroatoms. The molecule has 0 saturated heterocycles. The fourth-order valence-electron chi connectivity index (χ4n) is 4.84. The molecule has 0 radical (unpaired) electrons. The second-order valence-corrected chi connectivity index (χ2v) is 14.0. The maximum absolute atomic E-state index is 14.0. The largest absolute Gasteiger partial charge is 0.490 e. The van der Waals surface area contributed by atoms with Crippen molar-refractivity contribution in [3.63, 3.8) is 0 Å². The predicted molar refractivity (Wildman–Crippen MR) is 184 cm³/mol. The summed E-state index contributed by atoms with van der Waals surface area (Å²) in [4.78, 5) is 29.9. The number of benzene rings is 3. The lowest BCUT2D eigenvalue weighted by Crippen LogP contribution is -2.46. The SMILES string of the molecule is CCOc1cc(C(C(=O)NS(=O)(=O)c2ccc(CCNC(=O)OC(C)(C)C)cc2)N(N)c2ccc3cnccc3c2)ccc1OC(C)C. The van der Waals surface area contributed by atoms with Crippen molar-refractivity contribution in [2.45, 2.75) is 70.6 Å². The lowest BCUT2D eigenvalue weighted by atomic mass is 10.0. The highest BCUT2D eigenvalue weighted by Crippen LogP contribution is 2.35. The summed E-state index contributed by atoms with van der Waals surface area (Å²) in [6.07, 6.45) is 3.13. The Hall–Kier alpha value is -4.88. The minimum Gasteiger partial charge on any atom is -0.490 e. The second-order valence-electron chi connectivity index (χ2n) is 12.3. The molecule has 0 bridgehead atoms. The molecule has 12 nitrogen and oxygen atoms in total. The molecule has 48 heavy (non-hydrogen) atoms. The molecular formula is C35H43N5O7S. The van der Waals surface area contributed by atoms with Gasteiger partial charge in [0.05, 0.1) is 23.3 Å². The zero-order chi connectivity index (χ0) is 35.1. The number of hydrogen-bond acceptors (Lipinski definition) is 10. The molecule has 1 unspecified atom stereocenters. The lowest BCUT2D eigenvalue weighted by Gasteiger charge is -2.29. The van der Waals surface area contributed by atoms with Gasteiger partial charge in [-0.05, 0) is 107 Å². The molecular weight excluding hydrogens is 634 g/mol. The second kappa shape index (κ2) is 15.3. The summed E-state index contributed by atoms with van der Waals surface area (Å²) in [6, 6.07) is 16.9. The van der Waals surface area contributed by atoms with E-state index in [0.29, 0.717) is 42.3 Å². The van der Waals surface area contributed by atoms with Gasteiger partial charge >= 0.3 is 6.09 Å². The van der Waals surface area contributed by atoms with Crippen LogP contribution in [0.5, 0.6) is 11.5 Å². The molecule has 0 aliphatic rings. The highest BCUT2D eigenvalue weighted by molar-refractivity contribution is 7.90. The molecule has 0 spiro atoms. The number of carbonyl (C=O) groups is 2. The Balaban J connectivity index is 1.60. The van der Waals surface area contributed by atoms with E-state index in [0.717, 1.165) is 16.3 Å². The van der Waals surface area contributed by atoms with E-state index >= 15 is 0 Å². The monoisotopic (exact) mass is 677 g/mol. The minimum absolute atomic E-state index is 0.115. The number of pyridine rings is 1. The summed E-state index contributed by atoms with van der Waals surface area (Å²) in [5, 5.41) is 5.60. The molecule has 1 heterocycles. The van der Waals surface area contributed by atoms with E-state index in [4.69, 9.17) is 20.1 Å². The fourth-order valence-corrected chi connectivity index (χ4v) is 5.83.